The summed E-state index contributed by atoms with van der Waals surface area (Å²) in [6, 6.07) is 5.22. The molecule has 0 fully saturated rings. The molecule has 1 N–H and O–H groups in total. The van der Waals surface area contributed by atoms with Crippen LogP contribution in [-0.2, 0) is 0 Å². The van der Waals surface area contributed by atoms with E-state index in [-0.39, 0.29) is 6.04 Å². The molecule has 2 aromatic rings. The summed E-state index contributed by atoms with van der Waals surface area (Å²) in [5, 5.41) is 3.49. The van der Waals surface area contributed by atoms with E-state index in [1.807, 2.05) is 0 Å². The monoisotopic (exact) mass is 268 g/mol. The molecule has 94 valence electrons. The zero-order chi connectivity index (χ0) is 13.1. The minimum absolute atomic E-state index is 0.310. The molecule has 2 rings (SSSR count). The minimum Gasteiger partial charge on any atom is -0.309 e. The molecule has 0 aliphatic heterocycles. The van der Waals surface area contributed by atoms with Gasteiger partial charge in [-0.25, -0.2) is 8.78 Å². The van der Waals surface area contributed by atoms with Gasteiger partial charge in [0.2, 0.25) is 0 Å². The van der Waals surface area contributed by atoms with E-state index >= 15 is 0 Å². The Labute approximate surface area is 109 Å². The van der Waals surface area contributed by atoms with Crippen LogP contribution in [0.2, 0.25) is 5.02 Å². The summed E-state index contributed by atoms with van der Waals surface area (Å²) in [5.74, 6) is -1.74. The smallest absolute Gasteiger partial charge is 0.159 e. The maximum Gasteiger partial charge on any atom is 0.159 e. The Bertz CT molecular complexity index is 560. The number of benzene rings is 1. The first-order valence-electron chi connectivity index (χ1n) is 5.35. The largest absolute Gasteiger partial charge is 0.309 e. The molecule has 1 aromatic heterocycles. The zero-order valence-corrected chi connectivity index (χ0v) is 10.4. The normalized spacial score (nSPS) is 12.4. The van der Waals surface area contributed by atoms with Gasteiger partial charge in [-0.1, -0.05) is 17.7 Å². The lowest BCUT2D eigenvalue weighted by atomic mass is 9.99. The Morgan fingerprint density at radius 2 is 2.00 bits per heavy atom. The van der Waals surface area contributed by atoms with Gasteiger partial charge < -0.3 is 5.32 Å². The van der Waals surface area contributed by atoms with Gasteiger partial charge in [0.05, 0.1) is 11.1 Å². The summed E-state index contributed by atoms with van der Waals surface area (Å²) in [6.07, 6.45) is 3.12. The molecule has 1 atom stereocenters. The van der Waals surface area contributed by atoms with Crippen molar-refractivity contribution < 1.29 is 8.78 Å². The number of hydrogen-bond acceptors (Lipinski definition) is 2. The highest BCUT2D eigenvalue weighted by molar-refractivity contribution is 6.31. The molecule has 1 aromatic carbocycles. The summed E-state index contributed by atoms with van der Waals surface area (Å²) in [4.78, 5) is 3.89. The molecule has 0 saturated carbocycles. The summed E-state index contributed by atoms with van der Waals surface area (Å²) < 4.78 is 26.2. The van der Waals surface area contributed by atoms with E-state index in [4.69, 9.17) is 11.6 Å². The predicted molar refractivity (Wildman–Crippen MR) is 66.5 cm³/mol. The van der Waals surface area contributed by atoms with E-state index in [2.05, 4.69) is 10.3 Å². The average molecular weight is 269 g/mol. The number of nitrogens with one attached hydrogen (secondary N) is 1. The summed E-state index contributed by atoms with van der Waals surface area (Å²) >= 11 is 6.05. The second kappa shape index (κ2) is 5.42. The highest BCUT2D eigenvalue weighted by Gasteiger charge is 2.16. The molecule has 18 heavy (non-hydrogen) atoms. The van der Waals surface area contributed by atoms with Gasteiger partial charge in [0.15, 0.2) is 11.6 Å². The van der Waals surface area contributed by atoms with Crippen molar-refractivity contribution in [3.05, 3.63) is 64.4 Å². The van der Waals surface area contributed by atoms with Gasteiger partial charge in [0.25, 0.3) is 0 Å². The molecular weight excluding hydrogens is 258 g/mol. The summed E-state index contributed by atoms with van der Waals surface area (Å²) in [5.41, 5.74) is 1.37. The van der Waals surface area contributed by atoms with Crippen LogP contribution in [0.25, 0.3) is 0 Å². The molecule has 1 heterocycles. The van der Waals surface area contributed by atoms with Gasteiger partial charge in [0, 0.05) is 12.4 Å². The fourth-order valence-electron chi connectivity index (χ4n) is 1.81. The first-order valence-corrected chi connectivity index (χ1v) is 5.73. The van der Waals surface area contributed by atoms with Crippen LogP contribution in [0.15, 0.2) is 36.7 Å². The Balaban J connectivity index is 2.45. The van der Waals surface area contributed by atoms with Crippen LogP contribution in [0.5, 0.6) is 0 Å². The van der Waals surface area contributed by atoms with Crippen LogP contribution in [0.1, 0.15) is 17.2 Å². The van der Waals surface area contributed by atoms with Gasteiger partial charge in [-0.15, -0.1) is 0 Å². The summed E-state index contributed by atoms with van der Waals surface area (Å²) in [7, 11) is 1.72. The zero-order valence-electron chi connectivity index (χ0n) is 9.62. The SMILES string of the molecule is CNC(c1ccc(F)c(F)c1)c1ccncc1Cl. The van der Waals surface area contributed by atoms with Gasteiger partial charge in [0.1, 0.15) is 0 Å². The highest BCUT2D eigenvalue weighted by atomic mass is 35.5. The van der Waals surface area contributed by atoms with Crippen LogP contribution in [0.4, 0.5) is 8.78 Å². The third-order valence-electron chi connectivity index (χ3n) is 2.68. The van der Waals surface area contributed by atoms with Gasteiger partial charge in [-0.3, -0.25) is 4.98 Å². The maximum absolute atomic E-state index is 13.2. The van der Waals surface area contributed by atoms with Crippen molar-refractivity contribution in [2.75, 3.05) is 7.05 Å². The second-order valence-electron chi connectivity index (χ2n) is 3.79. The van der Waals surface area contributed by atoms with Crippen LogP contribution in [-0.4, -0.2) is 12.0 Å². The van der Waals surface area contributed by atoms with Crippen molar-refractivity contribution in [3.63, 3.8) is 0 Å². The number of rotatable bonds is 3. The van der Waals surface area contributed by atoms with Crippen molar-refractivity contribution in [1.29, 1.82) is 0 Å². The molecule has 0 saturated heterocycles. The van der Waals surface area contributed by atoms with Crippen LogP contribution in [0, 0.1) is 11.6 Å². The number of pyridine rings is 1. The Kier molecular flexibility index (Phi) is 3.89. The number of nitrogens with zero attached hydrogens (tertiary/aromatic N) is 1. The lowest BCUT2D eigenvalue weighted by molar-refractivity contribution is 0.505. The van der Waals surface area contributed by atoms with E-state index in [1.54, 1.807) is 19.3 Å². The molecule has 5 heteroatoms. The van der Waals surface area contributed by atoms with E-state index < -0.39 is 11.6 Å². The third kappa shape index (κ3) is 2.49. The summed E-state index contributed by atoms with van der Waals surface area (Å²) in [6.45, 7) is 0. The van der Waals surface area contributed by atoms with Crippen LogP contribution >= 0.6 is 11.6 Å². The minimum atomic E-state index is -0.877. The lowest BCUT2D eigenvalue weighted by Crippen LogP contribution is -2.18. The Morgan fingerprint density at radius 3 is 2.61 bits per heavy atom. The van der Waals surface area contributed by atoms with Crippen molar-refractivity contribution in [1.82, 2.24) is 10.3 Å². The molecule has 0 spiro atoms. The van der Waals surface area contributed by atoms with Gasteiger partial charge in [-0.05, 0) is 36.4 Å². The standard InChI is InChI=1S/C13H11ClF2N2/c1-17-13(9-4-5-18-7-10(9)14)8-2-3-11(15)12(16)6-8/h2-7,13,17H,1H3. The van der Waals surface area contributed by atoms with E-state index in [0.717, 1.165) is 17.7 Å². The van der Waals surface area contributed by atoms with E-state index in [0.29, 0.717) is 10.6 Å². The van der Waals surface area contributed by atoms with Gasteiger partial charge >= 0.3 is 0 Å². The number of hydrogen-bond donors (Lipinski definition) is 1. The molecule has 0 amide bonds. The quantitative estimate of drug-likeness (QED) is 0.924. The van der Waals surface area contributed by atoms with Crippen LogP contribution < -0.4 is 5.32 Å². The third-order valence-corrected chi connectivity index (χ3v) is 3.00. The molecule has 0 radical (unpaired) electrons. The second-order valence-corrected chi connectivity index (χ2v) is 4.20. The van der Waals surface area contributed by atoms with Crippen molar-refractivity contribution in [3.8, 4) is 0 Å². The number of halogens is 3. The van der Waals surface area contributed by atoms with Crippen molar-refractivity contribution >= 4 is 11.6 Å². The Hall–Kier alpha value is -1.52. The highest BCUT2D eigenvalue weighted by Crippen LogP contribution is 2.27. The first kappa shape index (κ1) is 12.9. The lowest BCUT2D eigenvalue weighted by Gasteiger charge is -2.18. The molecule has 0 bridgehead atoms. The fourth-order valence-corrected chi connectivity index (χ4v) is 2.04. The molecule has 0 aliphatic rings. The average Bonchev–Trinajstić information content (AvgIpc) is 2.37. The van der Waals surface area contributed by atoms with Crippen LogP contribution in [0.3, 0.4) is 0 Å². The maximum atomic E-state index is 13.2. The molecule has 2 nitrogen and oxygen atoms in total. The number of aromatic nitrogens is 1. The molecule has 1 unspecified atom stereocenters. The van der Waals surface area contributed by atoms with Crippen molar-refractivity contribution in [2.24, 2.45) is 0 Å². The fraction of sp³-hybridized carbons (Fsp3) is 0.154. The predicted octanol–water partition coefficient (Wildman–Crippen LogP) is 3.32. The van der Waals surface area contributed by atoms with E-state index in [1.165, 1.54) is 12.3 Å². The molecule has 0 aliphatic carbocycles. The molecular formula is C13H11ClF2N2. The van der Waals surface area contributed by atoms with Crippen molar-refractivity contribution in [2.45, 2.75) is 6.04 Å². The first-order chi connectivity index (χ1) is 8.63. The topological polar surface area (TPSA) is 24.9 Å². The van der Waals surface area contributed by atoms with Gasteiger partial charge in [-0.2, -0.15) is 0 Å². The van der Waals surface area contributed by atoms with E-state index in [9.17, 15) is 8.78 Å². The Morgan fingerprint density at radius 1 is 1.22 bits per heavy atom.